The third-order valence-corrected chi connectivity index (χ3v) is 2.47. The number of para-hydroxylation sites is 1. The Bertz CT molecular complexity index is 534. The number of hydrogen-bond donors (Lipinski definition) is 1. The molecule has 4 nitrogen and oxygen atoms in total. The molecule has 0 bridgehead atoms. The molecule has 1 N–H and O–H groups in total. The highest BCUT2D eigenvalue weighted by atomic mass is 16.1. The molecule has 17 heavy (non-hydrogen) atoms. The third-order valence-electron chi connectivity index (χ3n) is 2.47. The van der Waals surface area contributed by atoms with E-state index < -0.39 is 0 Å². The van der Waals surface area contributed by atoms with E-state index in [0.717, 1.165) is 11.4 Å². The highest BCUT2D eigenvalue weighted by Crippen LogP contribution is 2.03. The minimum Gasteiger partial charge on any atom is -0.383 e. The number of aromatic nitrogens is 2. The van der Waals surface area contributed by atoms with Gasteiger partial charge in [0.2, 0.25) is 0 Å². The molecule has 2 rings (SSSR count). The first kappa shape index (κ1) is 11.4. The van der Waals surface area contributed by atoms with Crippen molar-refractivity contribution in [3.63, 3.8) is 0 Å². The lowest BCUT2D eigenvalue weighted by atomic mass is 10.3. The lowest BCUT2D eigenvalue weighted by Crippen LogP contribution is -2.23. The summed E-state index contributed by atoms with van der Waals surface area (Å²) in [5, 5.41) is 3.25. The molecule has 0 aliphatic heterocycles. The van der Waals surface area contributed by atoms with Gasteiger partial charge < -0.3 is 5.32 Å². The van der Waals surface area contributed by atoms with Crippen molar-refractivity contribution in [3.05, 3.63) is 58.8 Å². The smallest absolute Gasteiger partial charge is 0.253 e. The zero-order valence-electron chi connectivity index (χ0n) is 9.76. The summed E-state index contributed by atoms with van der Waals surface area (Å²) in [5.41, 5.74) is 1.80. The van der Waals surface area contributed by atoms with Gasteiger partial charge in [-0.3, -0.25) is 9.36 Å². The topological polar surface area (TPSA) is 46.9 Å². The van der Waals surface area contributed by atoms with Crippen molar-refractivity contribution < 1.29 is 0 Å². The zero-order valence-corrected chi connectivity index (χ0v) is 9.76. The lowest BCUT2D eigenvalue weighted by molar-refractivity contribution is 0.676. The van der Waals surface area contributed by atoms with Gasteiger partial charge in [-0.05, 0) is 19.1 Å². The quantitative estimate of drug-likeness (QED) is 0.867. The minimum absolute atomic E-state index is 0.00707. The Kier molecular flexibility index (Phi) is 3.55. The molecule has 0 fully saturated rings. The molecule has 4 heteroatoms. The van der Waals surface area contributed by atoms with Gasteiger partial charge in [-0.1, -0.05) is 18.2 Å². The number of nitrogens with zero attached hydrogens (tertiary/aromatic N) is 2. The molecule has 0 radical (unpaired) electrons. The van der Waals surface area contributed by atoms with Gasteiger partial charge in [0.15, 0.2) is 0 Å². The van der Waals surface area contributed by atoms with Crippen molar-refractivity contribution >= 4 is 5.69 Å². The van der Waals surface area contributed by atoms with E-state index in [1.807, 2.05) is 37.3 Å². The van der Waals surface area contributed by atoms with Gasteiger partial charge in [-0.2, -0.15) is 0 Å². The van der Waals surface area contributed by atoms with Crippen molar-refractivity contribution in [2.45, 2.75) is 13.5 Å². The Morgan fingerprint density at radius 3 is 2.76 bits per heavy atom. The zero-order chi connectivity index (χ0) is 12.1. The van der Waals surface area contributed by atoms with Crippen LogP contribution in [0.5, 0.6) is 0 Å². The summed E-state index contributed by atoms with van der Waals surface area (Å²) in [7, 11) is 0. The number of anilines is 1. The summed E-state index contributed by atoms with van der Waals surface area (Å²) in [6.07, 6.45) is 1.59. The molecule has 1 aromatic heterocycles. The van der Waals surface area contributed by atoms with Crippen LogP contribution in [0.1, 0.15) is 5.69 Å². The van der Waals surface area contributed by atoms with Crippen molar-refractivity contribution in [2.75, 3.05) is 11.9 Å². The molecule has 0 aliphatic carbocycles. The van der Waals surface area contributed by atoms with Crippen LogP contribution in [0.2, 0.25) is 0 Å². The van der Waals surface area contributed by atoms with E-state index in [-0.39, 0.29) is 5.56 Å². The third kappa shape index (κ3) is 3.17. The van der Waals surface area contributed by atoms with Gasteiger partial charge in [0.1, 0.15) is 0 Å². The molecule has 0 saturated carbocycles. The predicted molar refractivity (Wildman–Crippen MR) is 68.2 cm³/mol. The SMILES string of the molecule is Cc1cc(=O)n(CCNc2ccccc2)cn1. The molecule has 0 aliphatic rings. The van der Waals surface area contributed by atoms with Gasteiger partial charge in [0.05, 0.1) is 6.33 Å². The summed E-state index contributed by atoms with van der Waals surface area (Å²) < 4.78 is 1.60. The molecule has 88 valence electrons. The molecular weight excluding hydrogens is 214 g/mol. The second kappa shape index (κ2) is 5.30. The number of hydrogen-bond acceptors (Lipinski definition) is 3. The average molecular weight is 229 g/mol. The Morgan fingerprint density at radius 2 is 2.06 bits per heavy atom. The minimum atomic E-state index is -0.00707. The molecule has 0 saturated heterocycles. The number of nitrogens with one attached hydrogen (secondary N) is 1. The molecule has 0 unspecified atom stereocenters. The van der Waals surface area contributed by atoms with Crippen molar-refractivity contribution in [2.24, 2.45) is 0 Å². The predicted octanol–water partition coefficient (Wildman–Crippen LogP) is 1.66. The number of benzene rings is 1. The average Bonchev–Trinajstić information content (AvgIpc) is 2.33. The van der Waals surface area contributed by atoms with E-state index in [1.54, 1.807) is 17.0 Å². The largest absolute Gasteiger partial charge is 0.383 e. The van der Waals surface area contributed by atoms with Crippen LogP contribution >= 0.6 is 0 Å². The molecule has 0 atom stereocenters. The summed E-state index contributed by atoms with van der Waals surface area (Å²) in [5.74, 6) is 0. The fourth-order valence-electron chi connectivity index (χ4n) is 1.56. The highest BCUT2D eigenvalue weighted by Gasteiger charge is 1.96. The maximum Gasteiger partial charge on any atom is 0.253 e. The molecule has 0 amide bonds. The fraction of sp³-hybridized carbons (Fsp3) is 0.231. The first-order chi connectivity index (χ1) is 8.25. The van der Waals surface area contributed by atoms with Crippen LogP contribution < -0.4 is 10.9 Å². The number of aryl methyl sites for hydroxylation is 1. The lowest BCUT2D eigenvalue weighted by Gasteiger charge is -2.07. The van der Waals surface area contributed by atoms with E-state index in [4.69, 9.17) is 0 Å². The maximum atomic E-state index is 11.6. The van der Waals surface area contributed by atoms with Crippen LogP contribution in [0, 0.1) is 6.92 Å². The molecular formula is C13H15N3O. The Hall–Kier alpha value is -2.10. The van der Waals surface area contributed by atoms with Crippen LogP contribution in [0.4, 0.5) is 5.69 Å². The second-order valence-corrected chi connectivity index (χ2v) is 3.85. The van der Waals surface area contributed by atoms with Gasteiger partial charge in [0.25, 0.3) is 5.56 Å². The second-order valence-electron chi connectivity index (χ2n) is 3.85. The summed E-state index contributed by atoms with van der Waals surface area (Å²) in [6, 6.07) is 11.5. The summed E-state index contributed by atoms with van der Waals surface area (Å²) in [6.45, 7) is 3.13. The summed E-state index contributed by atoms with van der Waals surface area (Å²) in [4.78, 5) is 15.7. The van der Waals surface area contributed by atoms with E-state index in [9.17, 15) is 4.79 Å². The van der Waals surface area contributed by atoms with Crippen molar-refractivity contribution in [1.29, 1.82) is 0 Å². The first-order valence-corrected chi connectivity index (χ1v) is 5.58. The molecule has 2 aromatic rings. The molecule has 1 aromatic carbocycles. The van der Waals surface area contributed by atoms with Crippen LogP contribution in [0.25, 0.3) is 0 Å². The van der Waals surface area contributed by atoms with Crippen molar-refractivity contribution in [3.8, 4) is 0 Å². The van der Waals surface area contributed by atoms with E-state index in [0.29, 0.717) is 13.1 Å². The maximum absolute atomic E-state index is 11.6. The van der Waals surface area contributed by atoms with E-state index >= 15 is 0 Å². The van der Waals surface area contributed by atoms with Crippen LogP contribution in [-0.4, -0.2) is 16.1 Å². The van der Waals surface area contributed by atoms with E-state index in [2.05, 4.69) is 10.3 Å². The number of rotatable bonds is 4. The fourth-order valence-corrected chi connectivity index (χ4v) is 1.56. The summed E-state index contributed by atoms with van der Waals surface area (Å²) >= 11 is 0. The highest BCUT2D eigenvalue weighted by molar-refractivity contribution is 5.42. The Balaban J connectivity index is 1.93. The van der Waals surface area contributed by atoms with Crippen molar-refractivity contribution in [1.82, 2.24) is 9.55 Å². The van der Waals surface area contributed by atoms with Gasteiger partial charge in [0, 0.05) is 30.5 Å². The van der Waals surface area contributed by atoms with Gasteiger partial charge in [-0.15, -0.1) is 0 Å². The molecule has 0 spiro atoms. The Morgan fingerprint density at radius 1 is 1.29 bits per heavy atom. The molecule has 1 heterocycles. The van der Waals surface area contributed by atoms with Gasteiger partial charge >= 0.3 is 0 Å². The van der Waals surface area contributed by atoms with Crippen LogP contribution in [0.15, 0.2) is 47.5 Å². The van der Waals surface area contributed by atoms with Crippen LogP contribution in [0.3, 0.4) is 0 Å². The van der Waals surface area contributed by atoms with Gasteiger partial charge in [-0.25, -0.2) is 4.98 Å². The first-order valence-electron chi connectivity index (χ1n) is 5.58. The Labute approximate surface area is 99.9 Å². The standard InChI is InChI=1S/C13H15N3O/c1-11-9-13(17)16(10-15-11)8-7-14-12-5-3-2-4-6-12/h2-6,9-10,14H,7-8H2,1H3. The van der Waals surface area contributed by atoms with E-state index in [1.165, 1.54) is 0 Å². The normalized spacial score (nSPS) is 10.2. The monoisotopic (exact) mass is 229 g/mol. The van der Waals surface area contributed by atoms with Crippen LogP contribution in [-0.2, 0) is 6.54 Å².